The van der Waals surface area contributed by atoms with Crippen molar-refractivity contribution in [1.29, 1.82) is 0 Å². The summed E-state index contributed by atoms with van der Waals surface area (Å²) in [5.74, 6) is 1.69. The minimum Gasteiger partial charge on any atom is -0.366 e. The number of piperazine rings is 1. The molecule has 15 heteroatoms. The predicted octanol–water partition coefficient (Wildman–Crippen LogP) is 3.64. The van der Waals surface area contributed by atoms with Crippen molar-refractivity contribution < 1.29 is 14.4 Å². The highest BCUT2D eigenvalue weighted by Crippen LogP contribution is 2.44. The summed E-state index contributed by atoms with van der Waals surface area (Å²) in [7, 11) is 5.58. The number of carbonyl (C=O) groups excluding carboxylic acids is 3. The van der Waals surface area contributed by atoms with Gasteiger partial charge in [0, 0.05) is 102 Å². The van der Waals surface area contributed by atoms with Gasteiger partial charge in [-0.25, -0.2) is 9.97 Å². The maximum Gasteiger partial charge on any atom is 0.248 e. The number of amides is 3. The third kappa shape index (κ3) is 6.25. The van der Waals surface area contributed by atoms with Gasteiger partial charge in [0.15, 0.2) is 0 Å². The molecule has 7 heterocycles. The number of anilines is 4. The summed E-state index contributed by atoms with van der Waals surface area (Å²) in [5, 5.41) is 11.4. The average molecular weight is 747 g/mol. The molecule has 2 saturated heterocycles. The number of fused-ring (bicyclic) bond motifs is 2. The second kappa shape index (κ2) is 13.8. The lowest BCUT2D eigenvalue weighted by molar-refractivity contribution is -0.135. The van der Waals surface area contributed by atoms with Crippen LogP contribution in [0.2, 0.25) is 0 Å². The Bertz CT molecular complexity index is 2130. The number of aryl methyl sites for hydroxylation is 1. The highest BCUT2D eigenvalue weighted by Gasteiger charge is 2.51. The molecule has 0 spiro atoms. The zero-order valence-electron chi connectivity index (χ0n) is 32.2. The lowest BCUT2D eigenvalue weighted by Gasteiger charge is -2.47. The molecule has 4 aromatic heterocycles. The summed E-state index contributed by atoms with van der Waals surface area (Å²) >= 11 is 0. The second-order valence-corrected chi connectivity index (χ2v) is 16.5. The van der Waals surface area contributed by atoms with Crippen LogP contribution in [-0.4, -0.2) is 115 Å². The minimum atomic E-state index is -0.667. The van der Waals surface area contributed by atoms with E-state index in [0.717, 1.165) is 79.8 Å². The molecule has 2 atom stereocenters. The largest absolute Gasteiger partial charge is 0.366 e. The molecule has 2 saturated carbocycles. The molecule has 3 amide bonds. The fourth-order valence-electron chi connectivity index (χ4n) is 9.88. The molecule has 0 aromatic carbocycles. The van der Waals surface area contributed by atoms with E-state index in [1.807, 2.05) is 50.5 Å². The summed E-state index contributed by atoms with van der Waals surface area (Å²) in [6.45, 7) is 5.76. The highest BCUT2D eigenvalue weighted by molar-refractivity contribution is 6.03. The van der Waals surface area contributed by atoms with Gasteiger partial charge in [-0.1, -0.05) is 18.9 Å². The van der Waals surface area contributed by atoms with Crippen LogP contribution in [0.5, 0.6) is 0 Å². The van der Waals surface area contributed by atoms with Crippen LogP contribution in [0.4, 0.5) is 23.3 Å². The zero-order valence-corrected chi connectivity index (χ0v) is 32.2. The Labute approximate surface area is 320 Å². The van der Waals surface area contributed by atoms with E-state index in [1.165, 1.54) is 18.4 Å². The lowest BCUT2D eigenvalue weighted by Crippen LogP contribution is -2.58. The topological polar surface area (TPSA) is 158 Å². The minimum absolute atomic E-state index is 0.101. The van der Waals surface area contributed by atoms with Crippen LogP contribution in [0.25, 0.3) is 10.9 Å². The number of rotatable bonds is 8. The standard InChI is InChI=1S/C40H50N12O3/c1-40(38(55)48(2)3)19-26-21-43-39(46-36(26)52(40)27-7-5-6-8-27)44-32-11-9-24(20-42-32)25-17-28(18-25)50-13-15-51(16-14-50)31-23-41-22-30-34(47-49(4)35(30)31)29-10-12-33(53)45-37(29)54/h9,11,20-23,25,27-29H,5-8,10,12-19H2,1-4H3,(H,45,53,54)(H,42,43,44,46). The SMILES string of the molecule is CN(C)C(=O)C1(C)Cc2cnc(Nc3ccc(C4CC(N5CCN(c6cncc7c(C8CCC(=O)NC8=O)nn(C)c67)CC5)C4)cn3)nc2N1C1CCCC1. The number of nitrogens with one attached hydrogen (secondary N) is 2. The van der Waals surface area contributed by atoms with Gasteiger partial charge < -0.3 is 20.0 Å². The van der Waals surface area contributed by atoms with E-state index in [0.29, 0.717) is 54.7 Å². The summed E-state index contributed by atoms with van der Waals surface area (Å²) in [5.41, 5.74) is 4.30. The molecule has 4 fully saturated rings. The van der Waals surface area contributed by atoms with Crippen molar-refractivity contribution in [3.8, 4) is 0 Å². The molecule has 15 nitrogen and oxygen atoms in total. The van der Waals surface area contributed by atoms with E-state index in [2.05, 4.69) is 48.3 Å². The Kier molecular flexibility index (Phi) is 8.94. The fraction of sp³-hybridized carbons (Fsp3) is 0.550. The van der Waals surface area contributed by atoms with E-state index in [1.54, 1.807) is 11.1 Å². The second-order valence-electron chi connectivity index (χ2n) is 16.5. The van der Waals surface area contributed by atoms with Crippen LogP contribution in [0.1, 0.15) is 86.9 Å². The quantitative estimate of drug-likeness (QED) is 0.253. The molecule has 2 aliphatic carbocycles. The number of pyridine rings is 2. The van der Waals surface area contributed by atoms with Gasteiger partial charge in [-0.2, -0.15) is 10.1 Å². The summed E-state index contributed by atoms with van der Waals surface area (Å²) in [4.78, 5) is 65.8. The Morgan fingerprint density at radius 1 is 0.964 bits per heavy atom. The molecule has 3 aliphatic heterocycles. The molecule has 288 valence electrons. The van der Waals surface area contributed by atoms with Gasteiger partial charge in [-0.05, 0) is 56.6 Å². The lowest BCUT2D eigenvalue weighted by atomic mass is 9.75. The predicted molar refractivity (Wildman–Crippen MR) is 208 cm³/mol. The summed E-state index contributed by atoms with van der Waals surface area (Å²) < 4.78 is 1.86. The molecular weight excluding hydrogens is 697 g/mol. The van der Waals surface area contributed by atoms with E-state index in [-0.39, 0.29) is 17.7 Å². The van der Waals surface area contributed by atoms with Crippen LogP contribution in [0.3, 0.4) is 0 Å². The van der Waals surface area contributed by atoms with Crippen LogP contribution in [0.15, 0.2) is 36.9 Å². The molecule has 0 radical (unpaired) electrons. The van der Waals surface area contributed by atoms with E-state index in [9.17, 15) is 14.4 Å². The first kappa shape index (κ1) is 35.5. The Morgan fingerprint density at radius 3 is 2.45 bits per heavy atom. The first-order valence-corrected chi connectivity index (χ1v) is 19.8. The summed E-state index contributed by atoms with van der Waals surface area (Å²) in [6.07, 6.45) is 15.7. The molecule has 5 aliphatic rings. The smallest absolute Gasteiger partial charge is 0.248 e. The molecule has 55 heavy (non-hydrogen) atoms. The normalized spacial score (nSPS) is 25.9. The first-order chi connectivity index (χ1) is 26.6. The maximum absolute atomic E-state index is 13.5. The number of nitrogens with zero attached hydrogens (tertiary/aromatic N) is 10. The molecule has 2 N–H and O–H groups in total. The molecule has 4 aromatic rings. The fourth-order valence-corrected chi connectivity index (χ4v) is 9.88. The first-order valence-electron chi connectivity index (χ1n) is 19.8. The third-order valence-corrected chi connectivity index (χ3v) is 12.8. The number of piperidine rings is 1. The van der Waals surface area contributed by atoms with E-state index >= 15 is 0 Å². The van der Waals surface area contributed by atoms with Crippen molar-refractivity contribution >= 4 is 51.9 Å². The maximum atomic E-state index is 13.5. The molecule has 2 unspecified atom stereocenters. The van der Waals surface area contributed by atoms with Crippen LogP contribution < -0.4 is 20.4 Å². The van der Waals surface area contributed by atoms with Gasteiger partial charge in [0.25, 0.3) is 0 Å². The third-order valence-electron chi connectivity index (χ3n) is 12.8. The van der Waals surface area contributed by atoms with Gasteiger partial charge in [0.2, 0.25) is 23.7 Å². The van der Waals surface area contributed by atoms with Crippen LogP contribution in [0, 0.1) is 0 Å². The van der Waals surface area contributed by atoms with Crippen molar-refractivity contribution in [2.24, 2.45) is 7.05 Å². The van der Waals surface area contributed by atoms with Crippen molar-refractivity contribution in [2.75, 3.05) is 55.4 Å². The molecule has 0 bridgehead atoms. The Hall–Kier alpha value is -5.18. The van der Waals surface area contributed by atoms with Crippen molar-refractivity contribution in [3.05, 3.63) is 53.7 Å². The van der Waals surface area contributed by atoms with Gasteiger partial charge in [0.1, 0.15) is 17.2 Å². The van der Waals surface area contributed by atoms with Crippen LogP contribution in [-0.2, 0) is 27.9 Å². The van der Waals surface area contributed by atoms with Gasteiger partial charge in [0.05, 0.1) is 29.0 Å². The van der Waals surface area contributed by atoms with Crippen molar-refractivity contribution in [1.82, 2.24) is 44.8 Å². The van der Waals surface area contributed by atoms with Gasteiger partial charge in [-0.15, -0.1) is 0 Å². The van der Waals surface area contributed by atoms with Crippen molar-refractivity contribution in [2.45, 2.75) is 94.2 Å². The van der Waals surface area contributed by atoms with Crippen molar-refractivity contribution in [3.63, 3.8) is 0 Å². The zero-order chi connectivity index (χ0) is 38.0. The number of likely N-dealkylation sites (N-methyl/N-ethyl adjacent to an activating group) is 1. The van der Waals surface area contributed by atoms with Crippen LogP contribution >= 0.6 is 0 Å². The highest BCUT2D eigenvalue weighted by atomic mass is 16.2. The molecular formula is C40H50N12O3. The van der Waals surface area contributed by atoms with Gasteiger partial charge in [-0.3, -0.25) is 34.3 Å². The van der Waals surface area contributed by atoms with E-state index in [4.69, 9.17) is 15.1 Å². The number of imide groups is 1. The Balaban J connectivity index is 0.809. The van der Waals surface area contributed by atoms with E-state index < -0.39 is 11.5 Å². The number of aromatic nitrogens is 6. The Morgan fingerprint density at radius 2 is 1.75 bits per heavy atom. The number of hydrogen-bond donors (Lipinski definition) is 2. The summed E-state index contributed by atoms with van der Waals surface area (Å²) in [6, 6.07) is 5.03. The molecule has 9 rings (SSSR count). The number of hydrogen-bond acceptors (Lipinski definition) is 12. The van der Waals surface area contributed by atoms with Gasteiger partial charge >= 0.3 is 0 Å². The average Bonchev–Trinajstić information content (AvgIpc) is 3.88. The monoisotopic (exact) mass is 746 g/mol. The number of carbonyl (C=O) groups is 3.